The lowest BCUT2D eigenvalue weighted by Gasteiger charge is -2.26. The third-order valence-corrected chi connectivity index (χ3v) is 5.17. The molecule has 1 aromatic carbocycles. The zero-order valence-electron chi connectivity index (χ0n) is 17.2. The van der Waals surface area contributed by atoms with Crippen molar-refractivity contribution < 1.29 is 14.2 Å². The fourth-order valence-corrected chi connectivity index (χ4v) is 3.46. The number of aryl methyl sites for hydroxylation is 1. The van der Waals surface area contributed by atoms with Crippen LogP contribution < -0.4 is 15.4 Å². The van der Waals surface area contributed by atoms with Gasteiger partial charge in [-0.1, -0.05) is 12.1 Å². The molecule has 28 heavy (non-hydrogen) atoms. The fourth-order valence-electron chi connectivity index (χ4n) is 3.46. The highest BCUT2D eigenvalue weighted by Gasteiger charge is 2.17. The summed E-state index contributed by atoms with van der Waals surface area (Å²) in [5.41, 5.74) is 2.32. The number of hydrogen-bond donors (Lipinski definition) is 2. The highest BCUT2D eigenvalue weighted by molar-refractivity contribution is 5.79. The van der Waals surface area contributed by atoms with E-state index in [1.54, 1.807) is 7.05 Å². The smallest absolute Gasteiger partial charge is 0.191 e. The number of hydrogen-bond acceptors (Lipinski definition) is 5. The molecule has 2 heterocycles. The van der Waals surface area contributed by atoms with Gasteiger partial charge >= 0.3 is 0 Å². The first-order valence-corrected chi connectivity index (χ1v) is 10.3. The Bertz CT molecular complexity index is 626. The summed E-state index contributed by atoms with van der Waals surface area (Å²) in [6.07, 6.45) is 2.43. The van der Waals surface area contributed by atoms with E-state index in [2.05, 4.69) is 45.6 Å². The molecule has 0 aromatic heterocycles. The van der Waals surface area contributed by atoms with Crippen molar-refractivity contribution in [2.75, 3.05) is 59.7 Å². The number of nitrogens with one attached hydrogen (secondary N) is 2. The fraction of sp³-hybridized carbons (Fsp3) is 0.667. The molecule has 0 aliphatic carbocycles. The third kappa shape index (κ3) is 6.65. The third-order valence-electron chi connectivity index (χ3n) is 5.17. The molecule has 3 rings (SSSR count). The molecule has 1 atom stereocenters. The maximum Gasteiger partial charge on any atom is 0.191 e. The summed E-state index contributed by atoms with van der Waals surface area (Å²) in [5, 5.41) is 6.79. The van der Waals surface area contributed by atoms with Crippen LogP contribution in [0.15, 0.2) is 23.2 Å². The van der Waals surface area contributed by atoms with Gasteiger partial charge in [-0.25, -0.2) is 0 Å². The van der Waals surface area contributed by atoms with E-state index in [9.17, 15) is 0 Å². The molecule has 0 bridgehead atoms. The SMILES string of the molecule is CN=C(NCCN1CCOCC1)NCc1ccc(C)cc1OCC1CCCO1. The molecule has 2 fully saturated rings. The highest BCUT2D eigenvalue weighted by atomic mass is 16.5. The second-order valence-corrected chi connectivity index (χ2v) is 7.36. The molecular weight excluding hydrogens is 356 g/mol. The van der Waals surface area contributed by atoms with E-state index in [1.165, 1.54) is 5.56 Å². The molecule has 2 aliphatic heterocycles. The van der Waals surface area contributed by atoms with E-state index in [-0.39, 0.29) is 6.10 Å². The maximum absolute atomic E-state index is 6.08. The van der Waals surface area contributed by atoms with E-state index in [1.807, 2.05) is 0 Å². The zero-order valence-corrected chi connectivity index (χ0v) is 17.2. The highest BCUT2D eigenvalue weighted by Crippen LogP contribution is 2.22. The van der Waals surface area contributed by atoms with Crippen LogP contribution >= 0.6 is 0 Å². The van der Waals surface area contributed by atoms with Crippen molar-refractivity contribution in [3.63, 3.8) is 0 Å². The van der Waals surface area contributed by atoms with E-state index in [0.29, 0.717) is 13.2 Å². The van der Waals surface area contributed by atoms with Crippen molar-refractivity contribution in [1.82, 2.24) is 15.5 Å². The maximum atomic E-state index is 6.08. The van der Waals surface area contributed by atoms with Crippen molar-refractivity contribution in [1.29, 1.82) is 0 Å². The number of rotatable bonds is 8. The van der Waals surface area contributed by atoms with Gasteiger partial charge in [-0.2, -0.15) is 0 Å². The average molecular weight is 391 g/mol. The number of aliphatic imine (C=N–C) groups is 1. The zero-order chi connectivity index (χ0) is 19.6. The number of benzene rings is 1. The van der Waals surface area contributed by atoms with Crippen LogP contribution in [0, 0.1) is 6.92 Å². The lowest BCUT2D eigenvalue weighted by atomic mass is 10.1. The van der Waals surface area contributed by atoms with Gasteiger partial charge in [0.05, 0.1) is 19.3 Å². The molecule has 1 aromatic rings. The van der Waals surface area contributed by atoms with Gasteiger partial charge < -0.3 is 24.8 Å². The normalized spacial score (nSPS) is 20.9. The average Bonchev–Trinajstić information content (AvgIpc) is 3.24. The van der Waals surface area contributed by atoms with Crippen LogP contribution in [0.1, 0.15) is 24.0 Å². The molecule has 0 amide bonds. The van der Waals surface area contributed by atoms with Crippen molar-refractivity contribution in [3.8, 4) is 5.75 Å². The Kier molecular flexibility index (Phi) is 8.39. The van der Waals surface area contributed by atoms with E-state index < -0.39 is 0 Å². The summed E-state index contributed by atoms with van der Waals surface area (Å²) in [6.45, 7) is 9.72. The van der Waals surface area contributed by atoms with Crippen LogP contribution in [-0.2, 0) is 16.0 Å². The molecule has 0 spiro atoms. The van der Waals surface area contributed by atoms with Crippen LogP contribution in [0.3, 0.4) is 0 Å². The molecule has 1 unspecified atom stereocenters. The lowest BCUT2D eigenvalue weighted by Crippen LogP contribution is -2.44. The topological polar surface area (TPSA) is 67.4 Å². The van der Waals surface area contributed by atoms with Gasteiger partial charge in [0.15, 0.2) is 5.96 Å². The minimum Gasteiger partial charge on any atom is -0.491 e. The Balaban J connectivity index is 1.46. The number of guanidine groups is 1. The minimum atomic E-state index is 0.218. The number of morpholine rings is 1. The number of nitrogens with zero attached hydrogens (tertiary/aromatic N) is 2. The summed E-state index contributed by atoms with van der Waals surface area (Å²) in [5.74, 6) is 1.73. The van der Waals surface area contributed by atoms with Gasteiger partial charge in [0.25, 0.3) is 0 Å². The summed E-state index contributed by atoms with van der Waals surface area (Å²) in [7, 11) is 1.80. The molecule has 7 heteroatoms. The first-order chi connectivity index (χ1) is 13.7. The van der Waals surface area contributed by atoms with Crippen LogP contribution in [0.4, 0.5) is 0 Å². The Hall–Kier alpha value is -1.83. The second-order valence-electron chi connectivity index (χ2n) is 7.36. The van der Waals surface area contributed by atoms with E-state index >= 15 is 0 Å². The molecule has 0 saturated carbocycles. The van der Waals surface area contributed by atoms with Gasteiger partial charge in [-0.15, -0.1) is 0 Å². The summed E-state index contributed by atoms with van der Waals surface area (Å²) < 4.78 is 17.1. The molecule has 2 aliphatic rings. The molecule has 156 valence electrons. The van der Waals surface area contributed by atoms with E-state index in [0.717, 1.165) is 76.1 Å². The summed E-state index contributed by atoms with van der Waals surface area (Å²) in [4.78, 5) is 6.74. The van der Waals surface area contributed by atoms with Crippen LogP contribution in [0.25, 0.3) is 0 Å². The van der Waals surface area contributed by atoms with E-state index in [4.69, 9.17) is 14.2 Å². The Morgan fingerprint density at radius 2 is 2.11 bits per heavy atom. The minimum absolute atomic E-state index is 0.218. The summed E-state index contributed by atoms with van der Waals surface area (Å²) in [6, 6.07) is 6.33. The van der Waals surface area contributed by atoms with Crippen molar-refractivity contribution in [3.05, 3.63) is 29.3 Å². The van der Waals surface area contributed by atoms with Crippen LogP contribution in [-0.4, -0.2) is 76.6 Å². The second kappa shape index (κ2) is 11.2. The van der Waals surface area contributed by atoms with Crippen molar-refractivity contribution in [2.24, 2.45) is 4.99 Å². The van der Waals surface area contributed by atoms with Gasteiger partial charge in [-0.05, 0) is 31.4 Å². The van der Waals surface area contributed by atoms with Gasteiger partial charge in [-0.3, -0.25) is 9.89 Å². The largest absolute Gasteiger partial charge is 0.491 e. The van der Waals surface area contributed by atoms with Gasteiger partial charge in [0.1, 0.15) is 12.4 Å². The molecule has 2 saturated heterocycles. The molecular formula is C21H34N4O3. The monoisotopic (exact) mass is 390 g/mol. The van der Waals surface area contributed by atoms with Gasteiger partial charge in [0.2, 0.25) is 0 Å². The predicted molar refractivity (Wildman–Crippen MR) is 111 cm³/mol. The lowest BCUT2D eigenvalue weighted by molar-refractivity contribution is 0.0389. The first kappa shape index (κ1) is 20.9. The Morgan fingerprint density at radius 1 is 1.25 bits per heavy atom. The quantitative estimate of drug-likeness (QED) is 0.519. The Labute approximate surface area is 168 Å². The van der Waals surface area contributed by atoms with Crippen LogP contribution in [0.5, 0.6) is 5.75 Å². The number of ether oxygens (including phenoxy) is 3. The van der Waals surface area contributed by atoms with Crippen LogP contribution in [0.2, 0.25) is 0 Å². The van der Waals surface area contributed by atoms with Gasteiger partial charge in [0, 0.05) is 51.9 Å². The van der Waals surface area contributed by atoms with Crippen molar-refractivity contribution in [2.45, 2.75) is 32.4 Å². The molecule has 7 nitrogen and oxygen atoms in total. The Morgan fingerprint density at radius 3 is 2.86 bits per heavy atom. The molecule has 2 N–H and O–H groups in total. The molecule has 0 radical (unpaired) electrons. The first-order valence-electron chi connectivity index (χ1n) is 10.3. The standard InChI is InChI=1S/C21H34N4O3/c1-17-5-6-18(20(14-17)28-16-19-4-3-11-27-19)15-24-21(22-2)23-7-8-25-9-12-26-13-10-25/h5-6,14,19H,3-4,7-13,15-16H2,1-2H3,(H2,22,23,24). The van der Waals surface area contributed by atoms with Crippen molar-refractivity contribution >= 4 is 5.96 Å². The predicted octanol–water partition coefficient (Wildman–Crippen LogP) is 1.55. The summed E-state index contributed by atoms with van der Waals surface area (Å²) >= 11 is 0.